The molecule has 0 saturated carbocycles. The van der Waals surface area contributed by atoms with Crippen molar-refractivity contribution in [1.82, 2.24) is 0 Å². The van der Waals surface area contributed by atoms with Gasteiger partial charge in [0.05, 0.1) is 0 Å². The van der Waals surface area contributed by atoms with Crippen LogP contribution in [0, 0.1) is 0 Å². The van der Waals surface area contributed by atoms with Gasteiger partial charge in [-0.15, -0.1) is 0 Å². The zero-order valence-corrected chi connectivity index (χ0v) is 4.55. The van der Waals surface area contributed by atoms with Crippen molar-refractivity contribution < 1.29 is 35.1 Å². The topological polar surface area (TPSA) is 60.7 Å². The van der Waals surface area contributed by atoms with Crippen LogP contribution in [0.2, 0.25) is 0 Å². The molecule has 5 heavy (non-hydrogen) atoms. The number of hydrogen-bond donors (Lipinski definition) is 3. The second kappa shape index (κ2) is 4.97. The van der Waals surface area contributed by atoms with Crippen molar-refractivity contribution in [2.75, 3.05) is 0 Å². The Morgan fingerprint density at radius 1 is 1.00 bits per heavy atom. The summed E-state index contributed by atoms with van der Waals surface area (Å²) in [6.45, 7) is 0. The largest absolute Gasteiger partial charge is 0.328 e. The first-order valence-corrected chi connectivity index (χ1v) is 1.80. The maximum Gasteiger partial charge on any atom is 0.324 e. The molecule has 0 spiro atoms. The van der Waals surface area contributed by atoms with E-state index in [4.69, 9.17) is 14.7 Å². The van der Waals surface area contributed by atoms with Crippen molar-refractivity contribution >= 4 is 8.60 Å². The van der Waals surface area contributed by atoms with Crippen LogP contribution in [0.5, 0.6) is 0 Å². The molecule has 0 aliphatic heterocycles. The van der Waals surface area contributed by atoms with Gasteiger partial charge in [-0.25, -0.2) is 0 Å². The van der Waals surface area contributed by atoms with Gasteiger partial charge in [0.25, 0.3) is 0 Å². The van der Waals surface area contributed by atoms with Gasteiger partial charge in [-0.05, 0) is 0 Å². The molecule has 0 bridgehead atoms. The fraction of sp³-hybridized carbons (Fsp3) is 0. The van der Waals surface area contributed by atoms with Crippen molar-refractivity contribution in [2.24, 2.45) is 0 Å². The maximum atomic E-state index is 7.23. The molecule has 0 amide bonds. The van der Waals surface area contributed by atoms with Crippen LogP contribution in [0.15, 0.2) is 0 Å². The molecule has 3 N–H and O–H groups in total. The molecule has 0 aliphatic rings. The molecule has 0 heterocycles. The number of hydrogen-bond acceptors (Lipinski definition) is 3. The fourth-order valence-corrected chi connectivity index (χ4v) is 0. The molecule has 5 heteroatoms. The average Bonchev–Trinajstić information content (AvgIpc) is 0.811. The van der Waals surface area contributed by atoms with Crippen LogP contribution >= 0.6 is 8.60 Å². The van der Waals surface area contributed by atoms with Crippen molar-refractivity contribution in [3.05, 3.63) is 0 Å². The second-order valence-electron chi connectivity index (χ2n) is 0.268. The van der Waals surface area contributed by atoms with Crippen molar-refractivity contribution in [1.29, 1.82) is 0 Å². The Bertz CT molecular complexity index is 11.6. The Morgan fingerprint density at radius 3 is 1.00 bits per heavy atom. The Kier molecular flexibility index (Phi) is 9.31. The monoisotopic (exact) mass is 188 g/mol. The summed E-state index contributed by atoms with van der Waals surface area (Å²) in [5.74, 6) is 0. The molecule has 3 nitrogen and oxygen atoms in total. The molecule has 0 aliphatic carbocycles. The predicted molar refractivity (Wildman–Crippen MR) is 13.6 cm³/mol. The van der Waals surface area contributed by atoms with Gasteiger partial charge >= 0.3 is 8.60 Å². The van der Waals surface area contributed by atoms with E-state index in [0.29, 0.717) is 0 Å². The van der Waals surface area contributed by atoms with Crippen LogP contribution in [-0.4, -0.2) is 14.7 Å². The van der Waals surface area contributed by atoms with E-state index >= 15 is 0 Å². The maximum absolute atomic E-state index is 7.23. The summed E-state index contributed by atoms with van der Waals surface area (Å²) < 4.78 is 0. The van der Waals surface area contributed by atoms with E-state index in [0.717, 1.165) is 0 Å². The molecule has 0 fully saturated rings. The predicted octanol–water partition coefficient (Wildman–Crippen LogP) is -0.812. The standard InChI is InChI=1S/H3O3P.Pd/c1-4(2)3;/h1-3H;. The van der Waals surface area contributed by atoms with E-state index in [1.165, 1.54) is 0 Å². The minimum atomic E-state index is -2.62. The minimum absolute atomic E-state index is 0. The van der Waals surface area contributed by atoms with Crippen LogP contribution in [0.3, 0.4) is 0 Å². The van der Waals surface area contributed by atoms with E-state index in [-0.39, 0.29) is 20.4 Å². The zero-order chi connectivity index (χ0) is 3.58. The Morgan fingerprint density at radius 2 is 1.00 bits per heavy atom. The summed E-state index contributed by atoms with van der Waals surface area (Å²) in [5.41, 5.74) is 0. The summed E-state index contributed by atoms with van der Waals surface area (Å²) in [6, 6.07) is 0. The summed E-state index contributed by atoms with van der Waals surface area (Å²) in [5, 5.41) is 0. The van der Waals surface area contributed by atoms with Gasteiger partial charge in [0.1, 0.15) is 0 Å². The molecular formula is H3O3PPd. The van der Waals surface area contributed by atoms with Gasteiger partial charge in [-0.1, -0.05) is 0 Å². The van der Waals surface area contributed by atoms with Gasteiger partial charge in [-0.2, -0.15) is 0 Å². The van der Waals surface area contributed by atoms with Crippen LogP contribution in [0.4, 0.5) is 0 Å². The third-order valence-electron chi connectivity index (χ3n) is 0. The Balaban J connectivity index is 0. The molecule has 0 aromatic rings. The number of rotatable bonds is 0. The quantitative estimate of drug-likeness (QED) is 0.344. The van der Waals surface area contributed by atoms with Gasteiger partial charge in [-0.3, -0.25) is 0 Å². The van der Waals surface area contributed by atoms with Crippen molar-refractivity contribution in [2.45, 2.75) is 0 Å². The van der Waals surface area contributed by atoms with Crippen LogP contribution < -0.4 is 0 Å². The fourth-order valence-electron chi connectivity index (χ4n) is 0. The van der Waals surface area contributed by atoms with E-state index in [1.807, 2.05) is 0 Å². The first-order valence-electron chi connectivity index (χ1n) is 0.600. The molecule has 0 unspecified atom stereocenters. The molecular weight excluding hydrogens is 185 g/mol. The molecule has 0 aromatic heterocycles. The summed E-state index contributed by atoms with van der Waals surface area (Å²) >= 11 is 0. The van der Waals surface area contributed by atoms with Crippen molar-refractivity contribution in [3.8, 4) is 0 Å². The molecule has 0 atom stereocenters. The summed E-state index contributed by atoms with van der Waals surface area (Å²) in [7, 11) is -2.62. The molecule has 36 valence electrons. The van der Waals surface area contributed by atoms with Gasteiger partial charge in [0.15, 0.2) is 0 Å². The van der Waals surface area contributed by atoms with E-state index in [1.54, 1.807) is 0 Å². The van der Waals surface area contributed by atoms with Crippen LogP contribution in [0.1, 0.15) is 0 Å². The van der Waals surface area contributed by atoms with Gasteiger partial charge in [0.2, 0.25) is 0 Å². The third kappa shape index (κ3) is 46.5. The van der Waals surface area contributed by atoms with E-state index in [9.17, 15) is 0 Å². The van der Waals surface area contributed by atoms with Gasteiger partial charge < -0.3 is 14.7 Å². The second-order valence-corrected chi connectivity index (χ2v) is 0.805. The third-order valence-corrected chi connectivity index (χ3v) is 0. The normalized spacial score (nSPS) is 7.20. The first kappa shape index (κ1) is 9.36. The summed E-state index contributed by atoms with van der Waals surface area (Å²) in [4.78, 5) is 21.7. The zero-order valence-electron chi connectivity index (χ0n) is 2.11. The average molecular weight is 188 g/mol. The van der Waals surface area contributed by atoms with Crippen LogP contribution in [0.25, 0.3) is 0 Å². The SMILES string of the molecule is OP(O)O.[Pd]. The molecule has 0 aromatic carbocycles. The molecule has 0 radical (unpaired) electrons. The van der Waals surface area contributed by atoms with E-state index < -0.39 is 8.60 Å². The Hall–Kier alpha value is 0.972. The van der Waals surface area contributed by atoms with E-state index in [2.05, 4.69) is 0 Å². The molecule has 0 rings (SSSR count). The first-order chi connectivity index (χ1) is 1.73. The van der Waals surface area contributed by atoms with Crippen molar-refractivity contribution in [3.63, 3.8) is 0 Å². The van der Waals surface area contributed by atoms with Crippen LogP contribution in [-0.2, 0) is 20.4 Å². The Labute approximate surface area is 44.3 Å². The summed E-state index contributed by atoms with van der Waals surface area (Å²) in [6.07, 6.45) is 0. The minimum Gasteiger partial charge on any atom is -0.328 e. The molecule has 0 saturated heterocycles. The smallest absolute Gasteiger partial charge is 0.324 e. The van der Waals surface area contributed by atoms with Gasteiger partial charge in [0, 0.05) is 20.4 Å².